The number of unbranched alkanes of at least 4 members (excludes halogenated alkanes) is 2. The standard InChI is InChI=1S/C17H30N2/c1-3-5-14-19(15-6-4-2)17-11-9-16(10-12-17)8-7-13-18/h9-12H,3-8,13-15,18H2,1-2H3. The van der Waals surface area contributed by atoms with Gasteiger partial charge in [0.2, 0.25) is 0 Å². The van der Waals surface area contributed by atoms with Crippen LogP contribution in [-0.2, 0) is 6.42 Å². The van der Waals surface area contributed by atoms with Gasteiger partial charge >= 0.3 is 0 Å². The number of nitrogens with two attached hydrogens (primary N) is 1. The molecule has 0 bridgehead atoms. The van der Waals surface area contributed by atoms with Crippen LogP contribution in [0.4, 0.5) is 5.69 Å². The molecule has 2 nitrogen and oxygen atoms in total. The zero-order valence-electron chi connectivity index (χ0n) is 12.7. The predicted octanol–water partition coefficient (Wildman–Crippen LogP) is 3.98. The lowest BCUT2D eigenvalue weighted by Crippen LogP contribution is -2.25. The van der Waals surface area contributed by atoms with Crippen LogP contribution in [0.3, 0.4) is 0 Å². The van der Waals surface area contributed by atoms with Gasteiger partial charge in [-0.1, -0.05) is 38.8 Å². The first-order chi connectivity index (χ1) is 9.31. The summed E-state index contributed by atoms with van der Waals surface area (Å²) in [6.45, 7) is 7.65. The van der Waals surface area contributed by atoms with Crippen molar-refractivity contribution in [3.05, 3.63) is 29.8 Å². The second kappa shape index (κ2) is 9.85. The quantitative estimate of drug-likeness (QED) is 0.691. The monoisotopic (exact) mass is 262 g/mol. The van der Waals surface area contributed by atoms with Crippen LogP contribution in [0.15, 0.2) is 24.3 Å². The Balaban J connectivity index is 2.61. The molecule has 0 amide bonds. The molecular weight excluding hydrogens is 232 g/mol. The maximum absolute atomic E-state index is 5.56. The van der Waals surface area contributed by atoms with E-state index in [1.807, 2.05) is 0 Å². The van der Waals surface area contributed by atoms with Gasteiger partial charge < -0.3 is 10.6 Å². The first-order valence-corrected chi connectivity index (χ1v) is 7.85. The Morgan fingerprint density at radius 1 is 0.895 bits per heavy atom. The average molecular weight is 262 g/mol. The van der Waals surface area contributed by atoms with E-state index >= 15 is 0 Å². The summed E-state index contributed by atoms with van der Waals surface area (Å²) < 4.78 is 0. The normalized spacial score (nSPS) is 10.7. The van der Waals surface area contributed by atoms with Crippen LogP contribution in [0, 0.1) is 0 Å². The lowest BCUT2D eigenvalue weighted by Gasteiger charge is -2.25. The molecule has 1 aromatic carbocycles. The summed E-state index contributed by atoms with van der Waals surface area (Å²) in [6, 6.07) is 9.07. The number of anilines is 1. The van der Waals surface area contributed by atoms with Crippen molar-refractivity contribution in [2.75, 3.05) is 24.5 Å². The summed E-state index contributed by atoms with van der Waals surface area (Å²) >= 11 is 0. The number of rotatable bonds is 10. The molecule has 0 unspecified atom stereocenters. The maximum Gasteiger partial charge on any atom is 0.0366 e. The van der Waals surface area contributed by atoms with Crippen molar-refractivity contribution in [2.45, 2.75) is 52.4 Å². The molecule has 0 spiro atoms. The fourth-order valence-corrected chi connectivity index (χ4v) is 2.25. The largest absolute Gasteiger partial charge is 0.372 e. The molecule has 2 N–H and O–H groups in total. The lowest BCUT2D eigenvalue weighted by atomic mass is 10.1. The minimum atomic E-state index is 0.779. The number of hydrogen-bond donors (Lipinski definition) is 1. The van der Waals surface area contributed by atoms with Gasteiger partial charge in [-0.25, -0.2) is 0 Å². The van der Waals surface area contributed by atoms with Crippen molar-refractivity contribution >= 4 is 5.69 Å². The van der Waals surface area contributed by atoms with E-state index in [1.54, 1.807) is 0 Å². The summed E-state index contributed by atoms with van der Waals surface area (Å²) in [5.74, 6) is 0. The van der Waals surface area contributed by atoms with Gasteiger partial charge in [0.1, 0.15) is 0 Å². The third kappa shape index (κ3) is 6.11. The molecule has 0 aliphatic heterocycles. The van der Waals surface area contributed by atoms with Gasteiger partial charge in [-0.3, -0.25) is 0 Å². The molecule has 0 heterocycles. The van der Waals surface area contributed by atoms with E-state index < -0.39 is 0 Å². The molecule has 1 aromatic rings. The van der Waals surface area contributed by atoms with Crippen LogP contribution in [-0.4, -0.2) is 19.6 Å². The molecule has 0 saturated carbocycles. The van der Waals surface area contributed by atoms with Crippen molar-refractivity contribution in [1.29, 1.82) is 0 Å². The van der Waals surface area contributed by atoms with Crippen molar-refractivity contribution in [2.24, 2.45) is 5.73 Å². The predicted molar refractivity (Wildman–Crippen MR) is 85.8 cm³/mol. The van der Waals surface area contributed by atoms with Crippen LogP contribution in [0.1, 0.15) is 51.5 Å². The fraction of sp³-hybridized carbons (Fsp3) is 0.647. The Hall–Kier alpha value is -1.02. The van der Waals surface area contributed by atoms with Gasteiger partial charge in [-0.2, -0.15) is 0 Å². The molecule has 1 rings (SSSR count). The molecule has 0 radical (unpaired) electrons. The Bertz CT molecular complexity index is 311. The summed E-state index contributed by atoms with van der Waals surface area (Å²) in [7, 11) is 0. The van der Waals surface area contributed by atoms with E-state index in [4.69, 9.17) is 5.73 Å². The fourth-order valence-electron chi connectivity index (χ4n) is 2.25. The topological polar surface area (TPSA) is 29.3 Å². The van der Waals surface area contributed by atoms with Crippen molar-refractivity contribution in [3.63, 3.8) is 0 Å². The van der Waals surface area contributed by atoms with E-state index in [0.29, 0.717) is 0 Å². The third-order valence-corrected chi connectivity index (χ3v) is 3.53. The highest BCUT2D eigenvalue weighted by Gasteiger charge is 2.05. The summed E-state index contributed by atoms with van der Waals surface area (Å²) in [5, 5.41) is 0. The van der Waals surface area contributed by atoms with E-state index in [0.717, 1.165) is 19.4 Å². The van der Waals surface area contributed by atoms with Gasteiger partial charge in [0.25, 0.3) is 0 Å². The average Bonchev–Trinajstić information content (AvgIpc) is 2.46. The second-order valence-electron chi connectivity index (χ2n) is 5.25. The smallest absolute Gasteiger partial charge is 0.0366 e. The van der Waals surface area contributed by atoms with Gasteiger partial charge in [0, 0.05) is 18.8 Å². The number of benzene rings is 1. The maximum atomic E-state index is 5.56. The summed E-state index contributed by atoms with van der Waals surface area (Å²) in [6.07, 6.45) is 7.25. The van der Waals surface area contributed by atoms with Crippen LogP contribution in [0.5, 0.6) is 0 Å². The van der Waals surface area contributed by atoms with Gasteiger partial charge in [-0.05, 0) is 49.9 Å². The van der Waals surface area contributed by atoms with Crippen molar-refractivity contribution in [1.82, 2.24) is 0 Å². The molecule has 0 aromatic heterocycles. The van der Waals surface area contributed by atoms with E-state index in [2.05, 4.69) is 43.0 Å². The number of nitrogens with zero attached hydrogens (tertiary/aromatic N) is 1. The van der Waals surface area contributed by atoms with Gasteiger partial charge in [0.15, 0.2) is 0 Å². The van der Waals surface area contributed by atoms with Crippen LogP contribution in [0.2, 0.25) is 0 Å². The molecule has 2 heteroatoms. The highest BCUT2D eigenvalue weighted by molar-refractivity contribution is 5.47. The van der Waals surface area contributed by atoms with Crippen LogP contribution in [0.25, 0.3) is 0 Å². The van der Waals surface area contributed by atoms with Gasteiger partial charge in [0.05, 0.1) is 0 Å². The second-order valence-corrected chi connectivity index (χ2v) is 5.25. The molecular formula is C17H30N2. The molecule has 0 aliphatic rings. The SMILES string of the molecule is CCCCN(CCCC)c1ccc(CCCN)cc1. The van der Waals surface area contributed by atoms with Crippen molar-refractivity contribution in [3.8, 4) is 0 Å². The summed E-state index contributed by atoms with van der Waals surface area (Å²) in [5.41, 5.74) is 8.33. The first-order valence-electron chi connectivity index (χ1n) is 7.85. The minimum absolute atomic E-state index is 0.779. The van der Waals surface area contributed by atoms with E-state index in [1.165, 1.54) is 50.0 Å². The van der Waals surface area contributed by atoms with Crippen LogP contribution < -0.4 is 10.6 Å². The minimum Gasteiger partial charge on any atom is -0.372 e. The number of hydrogen-bond acceptors (Lipinski definition) is 2. The zero-order chi connectivity index (χ0) is 13.9. The summed E-state index contributed by atoms with van der Waals surface area (Å²) in [4.78, 5) is 2.53. The van der Waals surface area contributed by atoms with Crippen LogP contribution >= 0.6 is 0 Å². The lowest BCUT2D eigenvalue weighted by molar-refractivity contribution is 0.678. The Morgan fingerprint density at radius 3 is 1.95 bits per heavy atom. The molecule has 0 atom stereocenters. The molecule has 108 valence electrons. The zero-order valence-corrected chi connectivity index (χ0v) is 12.7. The molecule has 0 aliphatic carbocycles. The third-order valence-electron chi connectivity index (χ3n) is 3.53. The van der Waals surface area contributed by atoms with Crippen molar-refractivity contribution < 1.29 is 0 Å². The highest BCUT2D eigenvalue weighted by Crippen LogP contribution is 2.17. The van der Waals surface area contributed by atoms with E-state index in [9.17, 15) is 0 Å². The molecule has 19 heavy (non-hydrogen) atoms. The number of aryl methyl sites for hydroxylation is 1. The molecule has 0 fully saturated rings. The Morgan fingerprint density at radius 2 is 1.47 bits per heavy atom. The Kier molecular flexibility index (Phi) is 8.31. The van der Waals surface area contributed by atoms with Gasteiger partial charge in [-0.15, -0.1) is 0 Å². The highest BCUT2D eigenvalue weighted by atomic mass is 15.1. The van der Waals surface area contributed by atoms with E-state index in [-0.39, 0.29) is 0 Å². The molecule has 0 saturated heterocycles. The Labute approximate surface area is 119 Å². The first kappa shape index (κ1) is 16.0.